The fourth-order valence-electron chi connectivity index (χ4n) is 14.3. The predicted molar refractivity (Wildman–Crippen MR) is 361 cm³/mol. The summed E-state index contributed by atoms with van der Waals surface area (Å²) in [6.45, 7) is 4.54. The Balaban J connectivity index is 1.33. The van der Waals surface area contributed by atoms with Crippen LogP contribution in [0.15, 0.2) is 182 Å². The summed E-state index contributed by atoms with van der Waals surface area (Å²) < 4.78 is 0. The van der Waals surface area contributed by atoms with Crippen LogP contribution in [0.2, 0.25) is 0 Å². The van der Waals surface area contributed by atoms with Crippen LogP contribution < -0.4 is 0 Å². The zero-order valence-corrected chi connectivity index (χ0v) is 53.4. The Hall–Kier alpha value is -4.92. The summed E-state index contributed by atoms with van der Waals surface area (Å²) in [5.74, 6) is 0. The highest BCUT2D eigenvalue weighted by Gasteiger charge is 2.63. The van der Waals surface area contributed by atoms with Gasteiger partial charge >= 0.3 is 0 Å². The highest BCUT2D eigenvalue weighted by molar-refractivity contribution is 5.55. The molecule has 0 saturated carbocycles. The van der Waals surface area contributed by atoms with Gasteiger partial charge in [0.25, 0.3) is 0 Å². The first-order valence-electron chi connectivity index (χ1n) is 34.6. The van der Waals surface area contributed by atoms with Gasteiger partial charge in [-0.15, -0.1) is 0 Å². The van der Waals surface area contributed by atoms with E-state index in [2.05, 4.69) is 13.8 Å². The number of hydrogen-bond acceptors (Lipinski definition) is 6. The molecule has 0 amide bonds. The Kier molecular flexibility index (Phi) is 32.0. The molecule has 6 nitrogen and oxygen atoms in total. The molecule has 0 radical (unpaired) electrons. The molecule has 6 heteroatoms. The van der Waals surface area contributed by atoms with E-state index in [1.54, 1.807) is 0 Å². The van der Waals surface area contributed by atoms with Crippen molar-refractivity contribution in [3.05, 3.63) is 215 Å². The van der Waals surface area contributed by atoms with Gasteiger partial charge in [0.2, 0.25) is 0 Å². The van der Waals surface area contributed by atoms with E-state index in [1.807, 2.05) is 182 Å². The second-order valence-corrected chi connectivity index (χ2v) is 25.6. The van der Waals surface area contributed by atoms with Crippen LogP contribution in [0, 0.1) is 0 Å². The predicted octanol–water partition coefficient (Wildman–Crippen LogP) is 19.3. The minimum absolute atomic E-state index is 0.0918. The van der Waals surface area contributed by atoms with E-state index >= 15 is 0 Å². The van der Waals surface area contributed by atoms with Crippen molar-refractivity contribution in [2.45, 2.75) is 279 Å². The fourth-order valence-corrected chi connectivity index (χ4v) is 14.3. The summed E-state index contributed by atoms with van der Waals surface area (Å²) in [6.07, 6.45) is 29.2. The van der Waals surface area contributed by atoms with Crippen molar-refractivity contribution in [2.24, 2.45) is 0 Å². The summed E-state index contributed by atoms with van der Waals surface area (Å²) in [5, 5.41) is 83.3. The van der Waals surface area contributed by atoms with E-state index in [1.165, 1.54) is 141 Å². The molecule has 0 aliphatic rings. The van der Waals surface area contributed by atoms with Crippen molar-refractivity contribution in [3.63, 3.8) is 0 Å². The molecule has 6 aromatic rings. The molecule has 6 atom stereocenters. The number of benzene rings is 6. The number of hydrogen-bond donors (Lipinski definition) is 6. The van der Waals surface area contributed by atoms with Crippen molar-refractivity contribution in [1.82, 2.24) is 0 Å². The lowest BCUT2D eigenvalue weighted by atomic mass is 9.57. The highest BCUT2D eigenvalue weighted by atomic mass is 16.4. The molecule has 0 bridgehead atoms. The largest absolute Gasteiger partial charge is 0.388 e. The Labute approximate surface area is 522 Å². The summed E-state index contributed by atoms with van der Waals surface area (Å²) in [5.41, 5.74) is -3.75. The van der Waals surface area contributed by atoms with E-state index in [9.17, 15) is 30.6 Å². The van der Waals surface area contributed by atoms with Crippen LogP contribution in [-0.2, 0) is 10.8 Å². The number of aliphatic hydroxyl groups is 6. The van der Waals surface area contributed by atoms with Crippen molar-refractivity contribution < 1.29 is 30.6 Å². The van der Waals surface area contributed by atoms with Gasteiger partial charge in [-0.3, -0.25) is 0 Å². The molecule has 0 aromatic heterocycles. The van der Waals surface area contributed by atoms with Gasteiger partial charge in [0.05, 0.1) is 10.8 Å². The molecule has 0 spiro atoms. The summed E-state index contributed by atoms with van der Waals surface area (Å²) in [7, 11) is 0. The van der Waals surface area contributed by atoms with Gasteiger partial charge in [0.15, 0.2) is 0 Å². The zero-order valence-electron chi connectivity index (χ0n) is 53.4. The van der Waals surface area contributed by atoms with Crippen LogP contribution >= 0.6 is 0 Å². The summed E-state index contributed by atoms with van der Waals surface area (Å²) in [4.78, 5) is 0. The maximum atomic E-state index is 14.1. The molecule has 0 heterocycles. The molecule has 0 aliphatic carbocycles. The van der Waals surface area contributed by atoms with E-state index in [-0.39, 0.29) is 12.8 Å². The monoisotopic (exact) mass is 1170 g/mol. The Morgan fingerprint density at radius 1 is 0.233 bits per heavy atom. The number of unbranched alkanes of at least 4 members (excludes halogenated alkanes) is 30. The van der Waals surface area contributed by atoms with E-state index in [0.717, 1.165) is 51.4 Å². The first kappa shape index (κ1) is 70.2. The van der Waals surface area contributed by atoms with Crippen molar-refractivity contribution in [2.75, 3.05) is 0 Å². The van der Waals surface area contributed by atoms with Gasteiger partial charge in [0.1, 0.15) is 35.6 Å². The topological polar surface area (TPSA) is 121 Å². The molecule has 6 rings (SSSR count). The van der Waals surface area contributed by atoms with Crippen molar-refractivity contribution in [1.29, 1.82) is 0 Å². The molecule has 0 aliphatic heterocycles. The zero-order chi connectivity index (χ0) is 61.0. The lowest BCUT2D eigenvalue weighted by Gasteiger charge is -2.53. The maximum Gasteiger partial charge on any atom is 0.120 e. The third-order valence-electron chi connectivity index (χ3n) is 19.3. The minimum Gasteiger partial charge on any atom is -0.388 e. The van der Waals surface area contributed by atoms with E-state index in [4.69, 9.17) is 0 Å². The molecule has 6 aromatic carbocycles. The second kappa shape index (κ2) is 39.2. The third-order valence-corrected chi connectivity index (χ3v) is 19.3. The van der Waals surface area contributed by atoms with E-state index in [0.29, 0.717) is 46.2 Å². The first-order chi connectivity index (χ1) is 42.1. The Morgan fingerprint density at radius 2 is 0.384 bits per heavy atom. The quantitative estimate of drug-likeness (QED) is 0.0167. The van der Waals surface area contributed by atoms with Crippen LogP contribution in [0.3, 0.4) is 0 Å². The van der Waals surface area contributed by atoms with Gasteiger partial charge in [-0.2, -0.15) is 0 Å². The summed E-state index contributed by atoms with van der Waals surface area (Å²) in [6, 6.07) is 58.0. The van der Waals surface area contributed by atoms with Gasteiger partial charge in [0, 0.05) is 0 Å². The first-order valence-corrected chi connectivity index (χ1v) is 34.6. The number of aliphatic hydroxyl groups excluding tert-OH is 4. The third kappa shape index (κ3) is 19.5. The Bertz CT molecular complexity index is 2220. The molecule has 0 fully saturated rings. The highest BCUT2D eigenvalue weighted by Crippen LogP contribution is 2.51. The Morgan fingerprint density at radius 3 is 0.547 bits per heavy atom. The number of rotatable bonds is 47. The van der Waals surface area contributed by atoms with Crippen LogP contribution in [0.4, 0.5) is 0 Å². The molecule has 86 heavy (non-hydrogen) atoms. The van der Waals surface area contributed by atoms with E-state index < -0.39 is 46.4 Å². The SMILES string of the molecule is CCCCCCCCCCCCCCCCCC[C@@](O)(C(O)C(c1ccccc1)(c1ccccc1)c1ccccc1)[C@@H](O)[C@H](O)[C@@](O)(CCCCCCCCCCCCCCCCCC)C(O)C(c1ccccc1)(c1ccccc1)c1ccccc1. The van der Waals surface area contributed by atoms with Crippen molar-refractivity contribution in [3.8, 4) is 0 Å². The lowest BCUT2D eigenvalue weighted by Crippen LogP contribution is -2.70. The van der Waals surface area contributed by atoms with Gasteiger partial charge < -0.3 is 30.6 Å². The smallest absolute Gasteiger partial charge is 0.120 e. The molecular weight excluding hydrogens is 1060 g/mol. The molecule has 0 saturated heterocycles. The molecule has 470 valence electrons. The second-order valence-electron chi connectivity index (χ2n) is 25.6. The fraction of sp³-hybridized carbons (Fsp3) is 0.550. The average molecular weight is 1170 g/mol. The summed E-state index contributed by atoms with van der Waals surface area (Å²) >= 11 is 0. The standard InChI is InChI=1S/C80H114O6/c1-3-5-7-9-11-13-15-17-19-21-23-25-27-29-31-51-65-77(85,75(83)79(67-53-39-33-40-54-67,68-55-41-34-42-56-68)69-57-43-35-44-58-69)73(81)74(82)78(86,66-52-32-30-28-26-24-22-20-18-16-14-12-10-8-6-4-2)76(84)80(70-59-45-36-46-60-70,71-61-47-37-48-62-71)72-63-49-38-50-64-72/h33-50,53-64,73-76,81-86H,3-32,51-52,65-66H2,1-2H3/t73-,74-,75?,76?,77-,78-/m0/s1. The minimum atomic E-state index is -2.46. The average Bonchev–Trinajstić information content (AvgIpc) is 1.04. The van der Waals surface area contributed by atoms with Crippen LogP contribution in [-0.4, -0.2) is 66.3 Å². The van der Waals surface area contributed by atoms with Crippen LogP contribution in [0.25, 0.3) is 0 Å². The maximum absolute atomic E-state index is 14.1. The van der Waals surface area contributed by atoms with Gasteiger partial charge in [-0.05, 0) is 46.2 Å². The lowest BCUT2D eigenvalue weighted by molar-refractivity contribution is -0.246. The van der Waals surface area contributed by atoms with Gasteiger partial charge in [-0.25, -0.2) is 0 Å². The van der Waals surface area contributed by atoms with Crippen LogP contribution in [0.5, 0.6) is 0 Å². The molecular formula is C80H114O6. The normalized spacial score (nSPS) is 14.9. The molecule has 2 unspecified atom stereocenters. The molecule has 6 N–H and O–H groups in total. The van der Waals surface area contributed by atoms with Gasteiger partial charge in [-0.1, -0.05) is 401 Å². The van der Waals surface area contributed by atoms with Crippen molar-refractivity contribution >= 4 is 0 Å². The van der Waals surface area contributed by atoms with Crippen LogP contribution in [0.1, 0.15) is 266 Å².